The van der Waals surface area contributed by atoms with Gasteiger partial charge in [-0.15, -0.1) is 0 Å². The predicted molar refractivity (Wildman–Crippen MR) is 99.3 cm³/mol. The number of anilines is 3. The van der Waals surface area contributed by atoms with Gasteiger partial charge in [-0.25, -0.2) is 4.98 Å². The molecule has 0 aliphatic rings. The summed E-state index contributed by atoms with van der Waals surface area (Å²) in [6.45, 7) is 0. The summed E-state index contributed by atoms with van der Waals surface area (Å²) in [5.41, 5.74) is 8.08. The van der Waals surface area contributed by atoms with Crippen LogP contribution in [0.1, 0.15) is 0 Å². The number of halogens is 3. The number of hydrogen-bond acceptors (Lipinski definition) is 4. The Balaban J connectivity index is 1.99. The van der Waals surface area contributed by atoms with E-state index >= 15 is 0 Å². The van der Waals surface area contributed by atoms with Crippen molar-refractivity contribution in [1.82, 2.24) is 9.97 Å². The zero-order chi connectivity index (χ0) is 16.4. The van der Waals surface area contributed by atoms with E-state index in [-0.39, 0.29) is 5.95 Å². The van der Waals surface area contributed by atoms with E-state index < -0.39 is 0 Å². The summed E-state index contributed by atoms with van der Waals surface area (Å²) < 4.78 is 0.904. The van der Waals surface area contributed by atoms with Gasteiger partial charge in [0.15, 0.2) is 0 Å². The Morgan fingerprint density at radius 1 is 0.957 bits per heavy atom. The molecular weight excluding hydrogens is 399 g/mol. The molecular formula is C16H11BrCl2N4. The van der Waals surface area contributed by atoms with Gasteiger partial charge in [0, 0.05) is 26.8 Å². The summed E-state index contributed by atoms with van der Waals surface area (Å²) in [6, 6.07) is 14.6. The number of aromatic nitrogens is 2. The highest BCUT2D eigenvalue weighted by Crippen LogP contribution is 2.31. The van der Waals surface area contributed by atoms with E-state index in [0.717, 1.165) is 15.7 Å². The molecule has 1 aromatic heterocycles. The van der Waals surface area contributed by atoms with E-state index in [1.807, 2.05) is 24.3 Å². The summed E-state index contributed by atoms with van der Waals surface area (Å²) in [4.78, 5) is 8.46. The number of nitrogens with one attached hydrogen (secondary N) is 1. The molecule has 1 heterocycles. The lowest BCUT2D eigenvalue weighted by Crippen LogP contribution is -2.01. The number of nitrogens with two attached hydrogens (primary N) is 1. The van der Waals surface area contributed by atoms with Gasteiger partial charge in [-0.1, -0.05) is 39.1 Å². The quantitative estimate of drug-likeness (QED) is 0.596. The Hall–Kier alpha value is -1.82. The second-order valence-corrected chi connectivity index (χ2v) is 6.51. The zero-order valence-corrected chi connectivity index (χ0v) is 14.8. The van der Waals surface area contributed by atoms with E-state index in [4.69, 9.17) is 28.9 Å². The van der Waals surface area contributed by atoms with Crippen LogP contribution in [-0.2, 0) is 0 Å². The largest absolute Gasteiger partial charge is 0.368 e. The van der Waals surface area contributed by atoms with Crippen molar-refractivity contribution in [2.45, 2.75) is 0 Å². The van der Waals surface area contributed by atoms with Gasteiger partial charge in [0.25, 0.3) is 0 Å². The molecule has 0 fully saturated rings. The lowest BCUT2D eigenvalue weighted by molar-refractivity contribution is 1.19. The van der Waals surface area contributed by atoms with Crippen LogP contribution in [0.15, 0.2) is 53.0 Å². The molecule has 0 amide bonds. The third-order valence-corrected chi connectivity index (χ3v) is 4.14. The van der Waals surface area contributed by atoms with Crippen molar-refractivity contribution in [2.75, 3.05) is 11.1 Å². The monoisotopic (exact) mass is 408 g/mol. The maximum Gasteiger partial charge on any atom is 0.222 e. The van der Waals surface area contributed by atoms with Gasteiger partial charge in [0.2, 0.25) is 5.95 Å². The number of rotatable bonds is 3. The van der Waals surface area contributed by atoms with Gasteiger partial charge in [0.05, 0.1) is 10.7 Å². The van der Waals surface area contributed by atoms with E-state index in [9.17, 15) is 0 Å². The molecule has 0 saturated heterocycles. The van der Waals surface area contributed by atoms with Crippen LogP contribution in [0, 0.1) is 0 Å². The van der Waals surface area contributed by atoms with Crippen LogP contribution in [0.4, 0.5) is 17.5 Å². The highest BCUT2D eigenvalue weighted by molar-refractivity contribution is 9.10. The van der Waals surface area contributed by atoms with E-state index in [2.05, 4.69) is 31.2 Å². The SMILES string of the molecule is Nc1nc(Nc2ccc(Cl)cc2)cc(-c2cc(Br)ccc2Cl)n1. The van der Waals surface area contributed by atoms with Crippen LogP contribution in [0.2, 0.25) is 10.0 Å². The first-order chi connectivity index (χ1) is 11.0. The third kappa shape index (κ3) is 3.93. The lowest BCUT2D eigenvalue weighted by Gasteiger charge is -2.10. The molecule has 3 aromatic rings. The Labute approximate surface area is 151 Å². The van der Waals surface area contributed by atoms with Crippen molar-refractivity contribution < 1.29 is 0 Å². The number of benzene rings is 2. The molecule has 0 spiro atoms. The van der Waals surface area contributed by atoms with Crippen LogP contribution in [-0.4, -0.2) is 9.97 Å². The molecule has 0 unspecified atom stereocenters. The Morgan fingerprint density at radius 2 is 1.70 bits per heavy atom. The molecule has 4 nitrogen and oxygen atoms in total. The molecule has 3 N–H and O–H groups in total. The predicted octanol–water partition coefficient (Wildman–Crippen LogP) is 5.54. The average molecular weight is 410 g/mol. The number of hydrogen-bond donors (Lipinski definition) is 2. The summed E-state index contributed by atoms with van der Waals surface area (Å²) in [7, 11) is 0. The van der Waals surface area contributed by atoms with E-state index in [1.54, 1.807) is 24.3 Å². The summed E-state index contributed by atoms with van der Waals surface area (Å²) >= 11 is 15.6. The van der Waals surface area contributed by atoms with Gasteiger partial charge in [-0.3, -0.25) is 0 Å². The molecule has 0 aliphatic heterocycles. The molecule has 0 bridgehead atoms. The fraction of sp³-hybridized carbons (Fsp3) is 0. The second-order valence-electron chi connectivity index (χ2n) is 4.75. The second kappa shape index (κ2) is 6.74. The number of nitrogen functional groups attached to an aromatic ring is 1. The maximum atomic E-state index is 6.26. The van der Waals surface area contributed by atoms with Gasteiger partial charge >= 0.3 is 0 Å². The van der Waals surface area contributed by atoms with E-state index in [0.29, 0.717) is 21.6 Å². The van der Waals surface area contributed by atoms with Crippen molar-refractivity contribution in [3.8, 4) is 11.3 Å². The normalized spacial score (nSPS) is 10.6. The Kier molecular flexibility index (Phi) is 4.71. The van der Waals surface area contributed by atoms with Gasteiger partial charge in [-0.2, -0.15) is 4.98 Å². The molecule has 116 valence electrons. The molecule has 0 saturated carbocycles. The summed E-state index contributed by atoms with van der Waals surface area (Å²) in [5, 5.41) is 4.42. The molecule has 2 aromatic carbocycles. The van der Waals surface area contributed by atoms with Gasteiger partial charge in [-0.05, 0) is 42.5 Å². The zero-order valence-electron chi connectivity index (χ0n) is 11.7. The van der Waals surface area contributed by atoms with Gasteiger partial charge < -0.3 is 11.1 Å². The minimum Gasteiger partial charge on any atom is -0.368 e. The minimum absolute atomic E-state index is 0.162. The fourth-order valence-corrected chi connectivity index (χ4v) is 2.74. The molecule has 23 heavy (non-hydrogen) atoms. The van der Waals surface area contributed by atoms with Crippen LogP contribution in [0.5, 0.6) is 0 Å². The van der Waals surface area contributed by atoms with Crippen molar-refractivity contribution in [3.05, 3.63) is 63.0 Å². The van der Waals surface area contributed by atoms with Crippen molar-refractivity contribution in [1.29, 1.82) is 0 Å². The standard InChI is InChI=1S/C16H11BrCl2N4/c17-9-1-6-13(19)12(7-9)14-8-15(23-16(20)22-14)21-11-4-2-10(18)3-5-11/h1-8H,(H3,20,21,22,23). The number of nitrogens with zero attached hydrogens (tertiary/aromatic N) is 2. The minimum atomic E-state index is 0.162. The first kappa shape index (κ1) is 16.1. The Morgan fingerprint density at radius 3 is 2.43 bits per heavy atom. The molecule has 0 radical (unpaired) electrons. The van der Waals surface area contributed by atoms with Crippen LogP contribution in [0.25, 0.3) is 11.3 Å². The highest BCUT2D eigenvalue weighted by atomic mass is 79.9. The fourth-order valence-electron chi connectivity index (χ4n) is 2.04. The lowest BCUT2D eigenvalue weighted by atomic mass is 10.1. The van der Waals surface area contributed by atoms with Crippen LogP contribution >= 0.6 is 39.1 Å². The third-order valence-electron chi connectivity index (χ3n) is 3.06. The first-order valence-electron chi connectivity index (χ1n) is 6.64. The summed E-state index contributed by atoms with van der Waals surface area (Å²) in [5.74, 6) is 0.737. The van der Waals surface area contributed by atoms with Crippen molar-refractivity contribution >= 4 is 56.6 Å². The van der Waals surface area contributed by atoms with Gasteiger partial charge in [0.1, 0.15) is 5.82 Å². The molecule has 0 aliphatic carbocycles. The van der Waals surface area contributed by atoms with Crippen LogP contribution < -0.4 is 11.1 Å². The molecule has 7 heteroatoms. The molecule has 0 atom stereocenters. The average Bonchev–Trinajstić information content (AvgIpc) is 2.51. The van der Waals surface area contributed by atoms with Crippen molar-refractivity contribution in [2.24, 2.45) is 0 Å². The Bertz CT molecular complexity index is 853. The van der Waals surface area contributed by atoms with E-state index in [1.165, 1.54) is 0 Å². The molecule has 3 rings (SSSR count). The first-order valence-corrected chi connectivity index (χ1v) is 8.19. The summed E-state index contributed by atoms with van der Waals surface area (Å²) in [6.07, 6.45) is 0. The topological polar surface area (TPSA) is 63.8 Å². The highest BCUT2D eigenvalue weighted by Gasteiger charge is 2.09. The van der Waals surface area contributed by atoms with Crippen LogP contribution in [0.3, 0.4) is 0 Å². The maximum absolute atomic E-state index is 6.26. The smallest absolute Gasteiger partial charge is 0.222 e. The van der Waals surface area contributed by atoms with Crippen molar-refractivity contribution in [3.63, 3.8) is 0 Å².